The van der Waals surface area contributed by atoms with Crippen LogP contribution < -0.4 is 0 Å². The van der Waals surface area contributed by atoms with Gasteiger partial charge in [0.15, 0.2) is 6.10 Å². The van der Waals surface area contributed by atoms with Crippen molar-refractivity contribution < 1.29 is 28.6 Å². The van der Waals surface area contributed by atoms with Crippen molar-refractivity contribution >= 4 is 17.9 Å². The maximum absolute atomic E-state index is 12.8. The largest absolute Gasteiger partial charge is 0.462 e. The molecule has 0 unspecified atom stereocenters. The predicted molar refractivity (Wildman–Crippen MR) is 270 cm³/mol. The molecule has 0 bridgehead atoms. The Morgan fingerprint density at radius 3 is 1.03 bits per heavy atom. The zero-order valence-electron chi connectivity index (χ0n) is 41.1. The van der Waals surface area contributed by atoms with Crippen LogP contribution in [0.2, 0.25) is 0 Å². The van der Waals surface area contributed by atoms with Crippen molar-refractivity contribution in [3.63, 3.8) is 0 Å². The van der Waals surface area contributed by atoms with E-state index in [-0.39, 0.29) is 37.5 Å². The number of allylic oxidation sites excluding steroid dienone is 14. The molecule has 1 atom stereocenters. The molecule has 0 aromatic rings. The van der Waals surface area contributed by atoms with Gasteiger partial charge in [0, 0.05) is 19.3 Å². The van der Waals surface area contributed by atoms with Crippen LogP contribution in [0.15, 0.2) is 85.1 Å². The van der Waals surface area contributed by atoms with E-state index in [0.29, 0.717) is 19.3 Å². The Balaban J connectivity index is 4.49. The van der Waals surface area contributed by atoms with Gasteiger partial charge >= 0.3 is 17.9 Å². The van der Waals surface area contributed by atoms with Crippen molar-refractivity contribution in [2.75, 3.05) is 13.2 Å². The zero-order chi connectivity index (χ0) is 45.8. The van der Waals surface area contributed by atoms with Crippen LogP contribution in [0.4, 0.5) is 0 Å². The van der Waals surface area contributed by atoms with Crippen LogP contribution in [0.5, 0.6) is 0 Å². The van der Waals surface area contributed by atoms with Gasteiger partial charge in [0.25, 0.3) is 0 Å². The Morgan fingerprint density at radius 2 is 0.619 bits per heavy atom. The minimum Gasteiger partial charge on any atom is -0.462 e. The maximum Gasteiger partial charge on any atom is 0.306 e. The van der Waals surface area contributed by atoms with E-state index in [2.05, 4.69) is 106 Å². The molecule has 0 N–H and O–H groups in total. The average molecular weight is 877 g/mol. The van der Waals surface area contributed by atoms with Crippen LogP contribution in [0, 0.1) is 0 Å². The monoisotopic (exact) mass is 877 g/mol. The second-order valence-corrected chi connectivity index (χ2v) is 17.1. The molecule has 0 aromatic carbocycles. The third-order valence-electron chi connectivity index (χ3n) is 10.9. The Hall–Kier alpha value is -3.41. The summed E-state index contributed by atoms with van der Waals surface area (Å²) in [6.07, 6.45) is 65.6. The van der Waals surface area contributed by atoms with Gasteiger partial charge in [-0.1, -0.05) is 209 Å². The molecule has 0 spiro atoms. The van der Waals surface area contributed by atoms with Crippen LogP contribution in [-0.2, 0) is 28.6 Å². The van der Waals surface area contributed by atoms with Gasteiger partial charge in [-0.05, 0) is 96.3 Å². The minimum atomic E-state index is -0.806. The number of ether oxygens (including phenoxy) is 3. The number of carbonyl (C=O) groups is 3. The molecule has 360 valence electrons. The third kappa shape index (κ3) is 49.5. The fraction of sp³-hybridized carbons (Fsp3) is 0.702. The third-order valence-corrected chi connectivity index (χ3v) is 10.9. The molecule has 63 heavy (non-hydrogen) atoms. The molecule has 0 fully saturated rings. The van der Waals surface area contributed by atoms with E-state index in [9.17, 15) is 14.4 Å². The van der Waals surface area contributed by atoms with Crippen molar-refractivity contribution in [3.8, 4) is 0 Å². The number of hydrogen-bond donors (Lipinski definition) is 0. The Kier molecular flexibility index (Phi) is 48.5. The van der Waals surface area contributed by atoms with Crippen LogP contribution in [0.25, 0.3) is 0 Å². The van der Waals surface area contributed by atoms with Crippen LogP contribution in [0.1, 0.15) is 239 Å². The first-order chi connectivity index (χ1) is 31.0. The van der Waals surface area contributed by atoms with E-state index >= 15 is 0 Å². The average Bonchev–Trinajstić information content (AvgIpc) is 3.28. The summed E-state index contributed by atoms with van der Waals surface area (Å²) in [5.41, 5.74) is 0. The first kappa shape index (κ1) is 59.6. The number of carbonyl (C=O) groups excluding carboxylic acids is 3. The summed E-state index contributed by atoms with van der Waals surface area (Å²) in [6.45, 7) is 6.44. The van der Waals surface area contributed by atoms with Gasteiger partial charge in [0.2, 0.25) is 0 Å². The lowest BCUT2D eigenvalue weighted by Gasteiger charge is -2.18. The molecule has 0 heterocycles. The van der Waals surface area contributed by atoms with E-state index < -0.39 is 6.10 Å². The van der Waals surface area contributed by atoms with Crippen molar-refractivity contribution in [2.24, 2.45) is 0 Å². The van der Waals surface area contributed by atoms with Gasteiger partial charge < -0.3 is 14.2 Å². The quantitative estimate of drug-likeness (QED) is 0.0262. The van der Waals surface area contributed by atoms with Gasteiger partial charge in [-0.15, -0.1) is 0 Å². The lowest BCUT2D eigenvalue weighted by molar-refractivity contribution is -0.167. The van der Waals surface area contributed by atoms with E-state index in [1.54, 1.807) is 0 Å². The van der Waals surface area contributed by atoms with Crippen molar-refractivity contribution in [1.82, 2.24) is 0 Å². The summed E-state index contributed by atoms with van der Waals surface area (Å²) in [7, 11) is 0. The Labute approximate surface area is 388 Å². The maximum atomic E-state index is 12.8. The summed E-state index contributed by atoms with van der Waals surface area (Å²) < 4.78 is 16.7. The topological polar surface area (TPSA) is 78.9 Å². The number of rotatable bonds is 46. The first-order valence-electron chi connectivity index (χ1n) is 26.1. The molecule has 0 aliphatic carbocycles. The fourth-order valence-electron chi connectivity index (χ4n) is 6.97. The van der Waals surface area contributed by atoms with E-state index in [4.69, 9.17) is 14.2 Å². The highest BCUT2D eigenvalue weighted by molar-refractivity contribution is 5.71. The molecule has 6 heteroatoms. The summed E-state index contributed by atoms with van der Waals surface area (Å²) in [4.78, 5) is 38.0. The molecule has 6 nitrogen and oxygen atoms in total. The second kappa shape index (κ2) is 51.2. The molecular formula is C57H96O6. The first-order valence-corrected chi connectivity index (χ1v) is 26.1. The Bertz CT molecular complexity index is 1240. The van der Waals surface area contributed by atoms with Gasteiger partial charge in [0.05, 0.1) is 0 Å². The molecule has 0 aliphatic heterocycles. The normalized spacial score (nSPS) is 12.7. The lowest BCUT2D eigenvalue weighted by Crippen LogP contribution is -2.30. The standard InChI is InChI=1S/C57H96O6/c1-4-7-10-13-16-19-22-25-27-28-30-32-35-38-41-44-47-50-56(59)62-53-54(52-61-55(58)49-46-43-40-37-34-31-24-21-18-15-12-9-6-3)63-57(60)51-48-45-42-39-36-33-29-26-23-20-17-14-11-8-5-2/h8,11,16-17,19-20,25-27,29-30,32,36,39,54H,4-7,9-10,12-15,18,21-24,28,31,33-35,37-38,40-53H2,1-3H3/b11-8-,19-16-,20-17-,27-25-,29-26-,32-30-,39-36-/t54-/m1/s1. The molecule has 0 aromatic heterocycles. The van der Waals surface area contributed by atoms with Crippen molar-refractivity contribution in [2.45, 2.75) is 245 Å². The van der Waals surface area contributed by atoms with Crippen LogP contribution in [-0.4, -0.2) is 37.2 Å². The lowest BCUT2D eigenvalue weighted by atomic mass is 10.0. The van der Waals surface area contributed by atoms with E-state index in [1.807, 2.05) is 0 Å². The number of unbranched alkanes of at least 4 members (excludes halogenated alkanes) is 21. The van der Waals surface area contributed by atoms with Gasteiger partial charge in [0.1, 0.15) is 13.2 Å². The predicted octanol–water partition coefficient (Wildman–Crippen LogP) is 17.2. The van der Waals surface area contributed by atoms with Crippen LogP contribution >= 0.6 is 0 Å². The van der Waals surface area contributed by atoms with Gasteiger partial charge in [-0.25, -0.2) is 0 Å². The number of esters is 3. The number of hydrogen-bond acceptors (Lipinski definition) is 6. The van der Waals surface area contributed by atoms with Crippen molar-refractivity contribution in [1.29, 1.82) is 0 Å². The SMILES string of the molecule is CC/C=C\C/C=C\C/C=C\C/C=C\CCCCC(=O)O[C@@H](COC(=O)CCCCCC/C=C\C/C=C\C/C=C\CCCCC)COC(=O)CCCCCCCCCCCCCCC. The van der Waals surface area contributed by atoms with E-state index in [1.165, 1.54) is 89.9 Å². The summed E-state index contributed by atoms with van der Waals surface area (Å²) >= 11 is 0. The van der Waals surface area contributed by atoms with Gasteiger partial charge in [-0.3, -0.25) is 14.4 Å². The highest BCUT2D eigenvalue weighted by Gasteiger charge is 2.19. The van der Waals surface area contributed by atoms with E-state index in [0.717, 1.165) is 103 Å². The Morgan fingerprint density at radius 1 is 0.333 bits per heavy atom. The molecule has 0 amide bonds. The second-order valence-electron chi connectivity index (χ2n) is 17.1. The molecule has 0 rings (SSSR count). The molecular weight excluding hydrogens is 781 g/mol. The highest BCUT2D eigenvalue weighted by Crippen LogP contribution is 2.14. The fourth-order valence-corrected chi connectivity index (χ4v) is 6.97. The molecule has 0 saturated heterocycles. The highest BCUT2D eigenvalue weighted by atomic mass is 16.6. The summed E-state index contributed by atoms with van der Waals surface area (Å²) in [5.74, 6) is -0.963. The molecule has 0 saturated carbocycles. The smallest absolute Gasteiger partial charge is 0.306 e. The summed E-state index contributed by atoms with van der Waals surface area (Å²) in [5, 5.41) is 0. The summed E-state index contributed by atoms with van der Waals surface area (Å²) in [6, 6.07) is 0. The van der Waals surface area contributed by atoms with Crippen molar-refractivity contribution in [3.05, 3.63) is 85.1 Å². The molecule has 0 radical (unpaired) electrons. The molecule has 0 aliphatic rings. The van der Waals surface area contributed by atoms with Gasteiger partial charge in [-0.2, -0.15) is 0 Å². The van der Waals surface area contributed by atoms with Crippen LogP contribution in [0.3, 0.4) is 0 Å². The minimum absolute atomic E-state index is 0.0995. The zero-order valence-corrected chi connectivity index (χ0v) is 41.1.